The zero-order chi connectivity index (χ0) is 10.1. The van der Waals surface area contributed by atoms with E-state index >= 15 is 0 Å². The van der Waals surface area contributed by atoms with Crippen molar-refractivity contribution in [3.63, 3.8) is 0 Å². The third kappa shape index (κ3) is 2.44. The van der Waals surface area contributed by atoms with Gasteiger partial charge >= 0.3 is 0 Å². The minimum Gasteiger partial charge on any atom is -0.392 e. The van der Waals surface area contributed by atoms with E-state index in [4.69, 9.17) is 0 Å². The second-order valence-corrected chi connectivity index (χ2v) is 4.87. The predicted molar refractivity (Wildman–Crippen MR) is 55.7 cm³/mol. The van der Waals surface area contributed by atoms with Gasteiger partial charge in [-0.05, 0) is 38.6 Å². The van der Waals surface area contributed by atoms with Gasteiger partial charge < -0.3 is 5.11 Å². The smallest absolute Gasteiger partial charge is 0.0664 e. The first-order chi connectivity index (χ1) is 5.98. The van der Waals surface area contributed by atoms with E-state index < -0.39 is 0 Å². The average Bonchev–Trinajstić information content (AvgIpc) is 2.47. The summed E-state index contributed by atoms with van der Waals surface area (Å²) in [6.45, 7) is 10.9. The van der Waals surface area contributed by atoms with Gasteiger partial charge in [0.25, 0.3) is 0 Å². The van der Waals surface area contributed by atoms with Crippen molar-refractivity contribution in [2.75, 3.05) is 13.1 Å². The molecule has 2 heteroatoms. The molecule has 1 heterocycles. The normalized spacial score (nSPS) is 34.8. The highest BCUT2D eigenvalue weighted by Crippen LogP contribution is 2.34. The lowest BCUT2D eigenvalue weighted by Crippen LogP contribution is -2.39. The van der Waals surface area contributed by atoms with Crippen LogP contribution in [0.4, 0.5) is 0 Å². The van der Waals surface area contributed by atoms with Crippen LogP contribution in [0.1, 0.15) is 40.5 Å². The lowest BCUT2D eigenvalue weighted by Gasteiger charge is -2.29. The fourth-order valence-corrected chi connectivity index (χ4v) is 2.00. The van der Waals surface area contributed by atoms with Gasteiger partial charge in [-0.2, -0.15) is 0 Å². The summed E-state index contributed by atoms with van der Waals surface area (Å²) in [7, 11) is 0. The summed E-state index contributed by atoms with van der Waals surface area (Å²) in [4.78, 5) is 2.41. The lowest BCUT2D eigenvalue weighted by molar-refractivity contribution is 0.0785. The predicted octanol–water partition coefficient (Wildman–Crippen LogP) is 1.88. The van der Waals surface area contributed by atoms with Crippen LogP contribution in [0.15, 0.2) is 0 Å². The van der Waals surface area contributed by atoms with E-state index in [0.717, 1.165) is 13.1 Å². The van der Waals surface area contributed by atoms with Gasteiger partial charge in [0.1, 0.15) is 0 Å². The molecule has 0 amide bonds. The number of aliphatic hydroxyl groups is 1. The number of rotatable bonds is 3. The van der Waals surface area contributed by atoms with Gasteiger partial charge in [0.15, 0.2) is 0 Å². The molecule has 1 N–H and O–H groups in total. The Hall–Kier alpha value is -0.0800. The minimum atomic E-state index is -0.209. The average molecular weight is 185 g/mol. The summed E-state index contributed by atoms with van der Waals surface area (Å²) in [6.07, 6.45) is 2.32. The van der Waals surface area contributed by atoms with E-state index in [1.54, 1.807) is 0 Å². The maximum Gasteiger partial charge on any atom is 0.0664 e. The Bertz CT molecular complexity index is 169. The van der Waals surface area contributed by atoms with Crippen LogP contribution in [0, 0.1) is 5.41 Å². The van der Waals surface area contributed by atoms with Crippen molar-refractivity contribution in [1.29, 1.82) is 0 Å². The molecule has 1 fully saturated rings. The quantitative estimate of drug-likeness (QED) is 0.725. The van der Waals surface area contributed by atoms with Crippen LogP contribution in [-0.2, 0) is 0 Å². The zero-order valence-corrected chi connectivity index (χ0v) is 9.38. The Balaban J connectivity index is 2.49. The number of likely N-dealkylation sites (tertiary alicyclic amines) is 1. The first-order valence-electron chi connectivity index (χ1n) is 5.40. The van der Waals surface area contributed by atoms with Crippen molar-refractivity contribution >= 4 is 0 Å². The molecule has 1 aliphatic heterocycles. The molecular formula is C11H23NO. The van der Waals surface area contributed by atoms with E-state index in [2.05, 4.69) is 25.7 Å². The molecule has 0 aliphatic carbocycles. The molecule has 0 bridgehead atoms. The molecule has 2 nitrogen and oxygen atoms in total. The topological polar surface area (TPSA) is 23.5 Å². The molecule has 0 aromatic rings. The highest BCUT2D eigenvalue weighted by Gasteiger charge is 2.34. The third-order valence-corrected chi connectivity index (χ3v) is 3.72. The highest BCUT2D eigenvalue weighted by molar-refractivity contribution is 4.88. The van der Waals surface area contributed by atoms with E-state index in [9.17, 15) is 5.11 Å². The summed E-state index contributed by atoms with van der Waals surface area (Å²) in [5.74, 6) is 0. The van der Waals surface area contributed by atoms with Gasteiger partial charge in [-0.3, -0.25) is 4.90 Å². The van der Waals surface area contributed by atoms with E-state index in [0.29, 0.717) is 11.5 Å². The van der Waals surface area contributed by atoms with Crippen molar-refractivity contribution in [1.82, 2.24) is 4.90 Å². The standard InChI is InChI=1S/C11H23NO/c1-5-11(4)6-7-12(8-11)9(2)10(3)13/h9-10,13H,5-8H2,1-4H3. The van der Waals surface area contributed by atoms with Crippen LogP contribution in [0.2, 0.25) is 0 Å². The maximum absolute atomic E-state index is 9.48. The molecular weight excluding hydrogens is 162 g/mol. The van der Waals surface area contributed by atoms with Crippen molar-refractivity contribution < 1.29 is 5.11 Å². The third-order valence-electron chi connectivity index (χ3n) is 3.72. The Morgan fingerprint density at radius 1 is 1.46 bits per heavy atom. The molecule has 0 spiro atoms. The van der Waals surface area contributed by atoms with Crippen LogP contribution in [0.25, 0.3) is 0 Å². The summed E-state index contributed by atoms with van der Waals surface area (Å²) in [5.41, 5.74) is 0.489. The van der Waals surface area contributed by atoms with Gasteiger partial charge in [-0.1, -0.05) is 13.8 Å². The Morgan fingerprint density at radius 3 is 2.46 bits per heavy atom. The molecule has 0 aromatic carbocycles. The number of aliphatic hydroxyl groups excluding tert-OH is 1. The molecule has 0 radical (unpaired) electrons. The first-order valence-corrected chi connectivity index (χ1v) is 5.40. The summed E-state index contributed by atoms with van der Waals surface area (Å²) in [6, 6.07) is 0.313. The van der Waals surface area contributed by atoms with Crippen molar-refractivity contribution in [2.24, 2.45) is 5.41 Å². The summed E-state index contributed by atoms with van der Waals surface area (Å²) < 4.78 is 0. The molecule has 0 aromatic heterocycles. The summed E-state index contributed by atoms with van der Waals surface area (Å²) in [5, 5.41) is 9.48. The van der Waals surface area contributed by atoms with E-state index in [-0.39, 0.29) is 6.10 Å². The number of hydrogen-bond donors (Lipinski definition) is 1. The Morgan fingerprint density at radius 2 is 2.08 bits per heavy atom. The van der Waals surface area contributed by atoms with Crippen LogP contribution >= 0.6 is 0 Å². The van der Waals surface area contributed by atoms with Crippen molar-refractivity contribution in [2.45, 2.75) is 52.7 Å². The van der Waals surface area contributed by atoms with Gasteiger partial charge in [0.2, 0.25) is 0 Å². The minimum absolute atomic E-state index is 0.209. The molecule has 13 heavy (non-hydrogen) atoms. The molecule has 78 valence electrons. The van der Waals surface area contributed by atoms with Crippen LogP contribution in [0.3, 0.4) is 0 Å². The molecule has 0 saturated carbocycles. The maximum atomic E-state index is 9.48. The largest absolute Gasteiger partial charge is 0.392 e. The number of nitrogens with zero attached hydrogens (tertiary/aromatic N) is 1. The molecule has 1 aliphatic rings. The van der Waals surface area contributed by atoms with Crippen LogP contribution in [-0.4, -0.2) is 35.2 Å². The van der Waals surface area contributed by atoms with Gasteiger partial charge in [0, 0.05) is 12.6 Å². The SMILES string of the molecule is CCC1(C)CCN(C(C)C(C)O)C1. The summed E-state index contributed by atoms with van der Waals surface area (Å²) >= 11 is 0. The first kappa shape index (κ1) is 11.0. The lowest BCUT2D eigenvalue weighted by atomic mass is 9.87. The van der Waals surface area contributed by atoms with Crippen molar-refractivity contribution in [3.8, 4) is 0 Å². The molecule has 1 rings (SSSR count). The fraction of sp³-hybridized carbons (Fsp3) is 1.00. The highest BCUT2D eigenvalue weighted by atomic mass is 16.3. The van der Waals surface area contributed by atoms with Crippen molar-refractivity contribution in [3.05, 3.63) is 0 Å². The van der Waals surface area contributed by atoms with Crippen LogP contribution in [0.5, 0.6) is 0 Å². The second kappa shape index (κ2) is 3.97. The fourth-order valence-electron chi connectivity index (χ4n) is 2.00. The van der Waals surface area contributed by atoms with E-state index in [1.165, 1.54) is 12.8 Å². The zero-order valence-electron chi connectivity index (χ0n) is 9.38. The monoisotopic (exact) mass is 185 g/mol. The Kier molecular flexibility index (Phi) is 3.36. The number of hydrogen-bond acceptors (Lipinski definition) is 2. The Labute approximate surface area is 81.9 Å². The van der Waals surface area contributed by atoms with Gasteiger partial charge in [0.05, 0.1) is 6.10 Å². The second-order valence-electron chi connectivity index (χ2n) is 4.87. The van der Waals surface area contributed by atoms with Crippen LogP contribution < -0.4 is 0 Å². The van der Waals surface area contributed by atoms with Gasteiger partial charge in [-0.25, -0.2) is 0 Å². The molecule has 3 atom stereocenters. The van der Waals surface area contributed by atoms with E-state index in [1.807, 2.05) is 6.92 Å². The molecule has 1 saturated heterocycles. The molecule has 3 unspecified atom stereocenters. The van der Waals surface area contributed by atoms with Gasteiger partial charge in [-0.15, -0.1) is 0 Å².